The molecule has 9 heteroatoms. The molecule has 0 atom stereocenters. The molecule has 1 N–H and O–H groups in total. The monoisotopic (exact) mass is 268 g/mol. The summed E-state index contributed by atoms with van der Waals surface area (Å²) in [6.07, 6.45) is -0.0901. The van der Waals surface area contributed by atoms with E-state index in [2.05, 4.69) is 4.74 Å². The second kappa shape index (κ2) is 6.52. The standard InChI is InChI=1S/C8H16N2O6S/c1-9(5-4-8(13)16-3)17(14,15)10(2)6-7(11)12/h4-6H2,1-3H3,(H,11,12). The van der Waals surface area contributed by atoms with Crippen molar-refractivity contribution in [3.63, 3.8) is 0 Å². The molecule has 0 aliphatic rings. The predicted octanol–water partition coefficient (Wildman–Crippen LogP) is -1.26. The van der Waals surface area contributed by atoms with Crippen LogP contribution in [0.1, 0.15) is 6.42 Å². The fraction of sp³-hybridized carbons (Fsp3) is 0.750. The Labute approximate surface area is 99.9 Å². The quantitative estimate of drug-likeness (QED) is 0.578. The molecule has 0 amide bonds. The maximum Gasteiger partial charge on any atom is 0.318 e. The summed E-state index contributed by atoms with van der Waals surface area (Å²) in [6, 6.07) is 0. The number of rotatable bonds is 7. The third kappa shape index (κ3) is 5.11. The van der Waals surface area contributed by atoms with Crippen LogP contribution >= 0.6 is 0 Å². The fourth-order valence-electron chi connectivity index (χ4n) is 0.976. The van der Waals surface area contributed by atoms with E-state index in [0.717, 1.165) is 11.4 Å². The molecule has 0 fully saturated rings. The third-order valence-electron chi connectivity index (χ3n) is 2.00. The molecule has 0 bridgehead atoms. The summed E-state index contributed by atoms with van der Waals surface area (Å²) < 4.78 is 29.4. The Morgan fingerprint density at radius 1 is 1.24 bits per heavy atom. The van der Waals surface area contributed by atoms with Gasteiger partial charge >= 0.3 is 11.9 Å². The lowest BCUT2D eigenvalue weighted by atomic mass is 10.4. The van der Waals surface area contributed by atoms with Crippen molar-refractivity contribution in [1.82, 2.24) is 8.61 Å². The average molecular weight is 268 g/mol. The largest absolute Gasteiger partial charge is 0.480 e. The van der Waals surface area contributed by atoms with E-state index < -0.39 is 28.7 Å². The number of methoxy groups -OCH3 is 1. The lowest BCUT2D eigenvalue weighted by Gasteiger charge is -2.22. The molecule has 0 aromatic carbocycles. The maximum absolute atomic E-state index is 11.7. The Morgan fingerprint density at radius 3 is 2.18 bits per heavy atom. The zero-order chi connectivity index (χ0) is 13.6. The van der Waals surface area contributed by atoms with Gasteiger partial charge in [-0.3, -0.25) is 9.59 Å². The first kappa shape index (κ1) is 15.8. The summed E-state index contributed by atoms with van der Waals surface area (Å²) in [5.41, 5.74) is 0. The van der Waals surface area contributed by atoms with Crippen molar-refractivity contribution in [2.24, 2.45) is 0 Å². The second-order valence-electron chi connectivity index (χ2n) is 3.31. The van der Waals surface area contributed by atoms with Crippen LogP contribution in [0.15, 0.2) is 0 Å². The summed E-state index contributed by atoms with van der Waals surface area (Å²) in [5, 5.41) is 8.49. The Kier molecular flexibility index (Phi) is 6.07. The van der Waals surface area contributed by atoms with Gasteiger partial charge in [-0.1, -0.05) is 0 Å². The summed E-state index contributed by atoms with van der Waals surface area (Å²) in [6.45, 7) is -0.705. The molecule has 0 radical (unpaired) electrons. The SMILES string of the molecule is COC(=O)CCN(C)S(=O)(=O)N(C)CC(=O)O. The molecule has 17 heavy (non-hydrogen) atoms. The third-order valence-corrected chi connectivity index (χ3v) is 3.89. The van der Waals surface area contributed by atoms with Crippen LogP contribution in [0.4, 0.5) is 0 Å². The van der Waals surface area contributed by atoms with E-state index in [1.807, 2.05) is 0 Å². The normalized spacial score (nSPS) is 11.8. The zero-order valence-electron chi connectivity index (χ0n) is 9.91. The van der Waals surface area contributed by atoms with Gasteiger partial charge < -0.3 is 9.84 Å². The number of likely N-dealkylation sites (N-methyl/N-ethyl adjacent to an activating group) is 1. The first-order valence-electron chi connectivity index (χ1n) is 4.68. The van der Waals surface area contributed by atoms with Crippen molar-refractivity contribution in [1.29, 1.82) is 0 Å². The van der Waals surface area contributed by atoms with E-state index in [4.69, 9.17) is 5.11 Å². The van der Waals surface area contributed by atoms with E-state index in [-0.39, 0.29) is 13.0 Å². The predicted molar refractivity (Wildman–Crippen MR) is 58.4 cm³/mol. The lowest BCUT2D eigenvalue weighted by Crippen LogP contribution is -2.42. The topological polar surface area (TPSA) is 104 Å². The fourth-order valence-corrected chi connectivity index (χ4v) is 2.05. The van der Waals surface area contributed by atoms with Crippen LogP contribution in [0.25, 0.3) is 0 Å². The van der Waals surface area contributed by atoms with Crippen molar-refractivity contribution in [3.05, 3.63) is 0 Å². The maximum atomic E-state index is 11.7. The number of hydrogen-bond donors (Lipinski definition) is 1. The number of carboxylic acid groups (broad SMARTS) is 1. The van der Waals surface area contributed by atoms with Crippen molar-refractivity contribution in [3.8, 4) is 0 Å². The molecule has 0 heterocycles. The molecular weight excluding hydrogens is 252 g/mol. The van der Waals surface area contributed by atoms with Crippen LogP contribution in [0.2, 0.25) is 0 Å². The highest BCUT2D eigenvalue weighted by Crippen LogP contribution is 2.04. The molecule has 0 aromatic rings. The van der Waals surface area contributed by atoms with Gasteiger partial charge in [-0.25, -0.2) is 0 Å². The molecule has 0 aliphatic carbocycles. The number of nitrogens with zero attached hydrogens (tertiary/aromatic N) is 2. The summed E-state index contributed by atoms with van der Waals surface area (Å²) >= 11 is 0. The van der Waals surface area contributed by atoms with Crippen LogP contribution < -0.4 is 0 Å². The number of carboxylic acids is 1. The Bertz CT molecular complexity index is 379. The molecule has 0 aliphatic heterocycles. The summed E-state index contributed by atoms with van der Waals surface area (Å²) in [7, 11) is -0.247. The van der Waals surface area contributed by atoms with E-state index in [0.29, 0.717) is 4.31 Å². The highest BCUT2D eigenvalue weighted by Gasteiger charge is 2.25. The molecule has 0 unspecified atom stereocenters. The number of aliphatic carboxylic acids is 1. The van der Waals surface area contributed by atoms with Gasteiger partial charge in [-0.05, 0) is 0 Å². The summed E-state index contributed by atoms with van der Waals surface area (Å²) in [4.78, 5) is 21.2. The molecule has 0 aromatic heterocycles. The van der Waals surface area contributed by atoms with E-state index in [9.17, 15) is 18.0 Å². The minimum absolute atomic E-state index is 0.0705. The number of carbonyl (C=O) groups is 2. The van der Waals surface area contributed by atoms with Crippen LogP contribution in [0.3, 0.4) is 0 Å². The first-order valence-corrected chi connectivity index (χ1v) is 6.07. The van der Waals surface area contributed by atoms with Crippen molar-refractivity contribution in [2.45, 2.75) is 6.42 Å². The molecule has 0 saturated heterocycles. The van der Waals surface area contributed by atoms with Crippen molar-refractivity contribution in [2.75, 3.05) is 34.3 Å². The zero-order valence-corrected chi connectivity index (χ0v) is 10.7. The molecule has 8 nitrogen and oxygen atoms in total. The smallest absolute Gasteiger partial charge is 0.318 e. The Hall–Kier alpha value is -1.19. The van der Waals surface area contributed by atoms with Crippen LogP contribution in [0.5, 0.6) is 0 Å². The number of ether oxygens (including phenoxy) is 1. The minimum Gasteiger partial charge on any atom is -0.480 e. The minimum atomic E-state index is -3.86. The number of hydrogen-bond acceptors (Lipinski definition) is 5. The van der Waals surface area contributed by atoms with Gasteiger partial charge in [0.25, 0.3) is 10.2 Å². The van der Waals surface area contributed by atoms with Gasteiger partial charge in [-0.15, -0.1) is 0 Å². The van der Waals surface area contributed by atoms with E-state index >= 15 is 0 Å². The van der Waals surface area contributed by atoms with Gasteiger partial charge in [0.1, 0.15) is 6.54 Å². The Morgan fingerprint density at radius 2 is 1.76 bits per heavy atom. The Balaban J connectivity index is 4.49. The average Bonchev–Trinajstić information content (AvgIpc) is 2.23. The van der Waals surface area contributed by atoms with E-state index in [1.54, 1.807) is 0 Å². The molecule has 0 spiro atoms. The number of esters is 1. The van der Waals surface area contributed by atoms with Gasteiger partial charge in [0.2, 0.25) is 0 Å². The molecular formula is C8H16N2O6S. The highest BCUT2D eigenvalue weighted by molar-refractivity contribution is 7.86. The first-order chi connectivity index (χ1) is 7.71. The van der Waals surface area contributed by atoms with Crippen LogP contribution in [0, 0.1) is 0 Å². The van der Waals surface area contributed by atoms with E-state index in [1.165, 1.54) is 14.2 Å². The van der Waals surface area contributed by atoms with Gasteiger partial charge in [0.05, 0.1) is 13.5 Å². The van der Waals surface area contributed by atoms with Gasteiger partial charge in [0.15, 0.2) is 0 Å². The van der Waals surface area contributed by atoms with Gasteiger partial charge in [0, 0.05) is 20.6 Å². The molecule has 0 saturated carbocycles. The molecule has 0 rings (SSSR count). The highest BCUT2D eigenvalue weighted by atomic mass is 32.2. The second-order valence-corrected chi connectivity index (χ2v) is 5.45. The van der Waals surface area contributed by atoms with Gasteiger partial charge in [-0.2, -0.15) is 17.0 Å². The van der Waals surface area contributed by atoms with Crippen LogP contribution in [-0.2, 0) is 24.5 Å². The van der Waals surface area contributed by atoms with Crippen LogP contribution in [-0.4, -0.2) is 68.4 Å². The van der Waals surface area contributed by atoms with Crippen molar-refractivity contribution < 1.29 is 27.9 Å². The summed E-state index contributed by atoms with van der Waals surface area (Å²) in [5.74, 6) is -1.79. The molecule has 100 valence electrons. The number of carbonyl (C=O) groups excluding carboxylic acids is 1. The van der Waals surface area contributed by atoms with Crippen molar-refractivity contribution >= 4 is 22.1 Å². The lowest BCUT2D eigenvalue weighted by molar-refractivity contribution is -0.141.